The number of nitrogens with one attached hydrogen (secondary N) is 1. The fraction of sp³-hybridized carbons (Fsp3) is 0.364. The fourth-order valence-corrected chi connectivity index (χ4v) is 4.18. The fourth-order valence-electron chi connectivity index (χ4n) is 4.18. The zero-order chi connectivity index (χ0) is 15.8. The highest BCUT2D eigenvalue weighted by atomic mass is 35.5. The molecule has 1 nitrogen and oxygen atoms in total. The number of aryl methyl sites for hydroxylation is 1. The molecule has 0 atom stereocenters. The summed E-state index contributed by atoms with van der Waals surface area (Å²) in [6, 6.07) is 15.8. The van der Waals surface area contributed by atoms with Gasteiger partial charge in [0.25, 0.3) is 0 Å². The van der Waals surface area contributed by atoms with Crippen LogP contribution < -0.4 is 17.3 Å². The van der Waals surface area contributed by atoms with Crippen molar-refractivity contribution in [2.24, 2.45) is 0 Å². The van der Waals surface area contributed by atoms with Gasteiger partial charge >= 0.3 is 0 Å². The normalized spacial score (nSPS) is 15.6. The first-order chi connectivity index (χ1) is 11.2. The first-order valence-corrected chi connectivity index (χ1v) is 8.98. The summed E-state index contributed by atoms with van der Waals surface area (Å²) < 4.78 is 0. The maximum Gasteiger partial charge on any atom is 0.103 e. The van der Waals surface area contributed by atoms with Crippen molar-refractivity contribution in [3.8, 4) is 0 Å². The molecule has 4 rings (SSSR count). The molecule has 0 bridgehead atoms. The van der Waals surface area contributed by atoms with Crippen LogP contribution in [0, 0.1) is 13.8 Å². The summed E-state index contributed by atoms with van der Waals surface area (Å²) in [6.45, 7) is 8.47. The summed E-state index contributed by atoms with van der Waals surface area (Å²) in [5.41, 5.74) is 4.49. The third-order valence-electron chi connectivity index (χ3n) is 5.74. The lowest BCUT2D eigenvalue weighted by atomic mass is 9.92. The Labute approximate surface area is 151 Å². The highest BCUT2D eigenvalue weighted by Gasteiger charge is 2.17. The lowest BCUT2D eigenvalue weighted by Crippen LogP contribution is -3.11. The molecule has 1 fully saturated rings. The van der Waals surface area contributed by atoms with Crippen molar-refractivity contribution in [3.05, 3.63) is 59.2 Å². The van der Waals surface area contributed by atoms with Gasteiger partial charge in [-0.15, -0.1) is 0 Å². The summed E-state index contributed by atoms with van der Waals surface area (Å²) >= 11 is 0. The van der Waals surface area contributed by atoms with Crippen molar-refractivity contribution < 1.29 is 17.3 Å². The van der Waals surface area contributed by atoms with E-state index in [-0.39, 0.29) is 12.4 Å². The van der Waals surface area contributed by atoms with Crippen LogP contribution >= 0.6 is 0 Å². The molecule has 0 aromatic heterocycles. The van der Waals surface area contributed by atoms with Crippen molar-refractivity contribution in [1.82, 2.24) is 0 Å². The van der Waals surface area contributed by atoms with Crippen molar-refractivity contribution in [2.45, 2.75) is 39.7 Å². The predicted molar refractivity (Wildman–Crippen MR) is 99.2 cm³/mol. The van der Waals surface area contributed by atoms with Crippen molar-refractivity contribution in [1.29, 1.82) is 0 Å². The van der Waals surface area contributed by atoms with E-state index in [9.17, 15) is 0 Å². The Hall–Kier alpha value is -1.57. The molecule has 1 saturated heterocycles. The van der Waals surface area contributed by atoms with Crippen LogP contribution in [0.2, 0.25) is 0 Å². The van der Waals surface area contributed by atoms with E-state index < -0.39 is 0 Å². The Bertz CT molecular complexity index is 863. The van der Waals surface area contributed by atoms with Gasteiger partial charge in [0.05, 0.1) is 13.1 Å². The van der Waals surface area contributed by atoms with Gasteiger partial charge < -0.3 is 17.3 Å². The maximum atomic E-state index is 2.47. The van der Waals surface area contributed by atoms with E-state index >= 15 is 0 Å². The van der Waals surface area contributed by atoms with Gasteiger partial charge in [-0.1, -0.05) is 36.4 Å². The van der Waals surface area contributed by atoms with Crippen LogP contribution in [0.1, 0.15) is 36.0 Å². The predicted octanol–water partition coefficient (Wildman–Crippen LogP) is 1.18. The molecule has 1 heterocycles. The summed E-state index contributed by atoms with van der Waals surface area (Å²) in [6.07, 6.45) is 4.21. The summed E-state index contributed by atoms with van der Waals surface area (Å²) in [4.78, 5) is 1.76. The van der Waals surface area contributed by atoms with Crippen molar-refractivity contribution in [3.63, 3.8) is 0 Å². The molecule has 0 spiro atoms. The van der Waals surface area contributed by atoms with Gasteiger partial charge in [0.1, 0.15) is 6.54 Å². The molecule has 2 heteroatoms. The molecule has 1 aliphatic rings. The van der Waals surface area contributed by atoms with Crippen LogP contribution in [0.4, 0.5) is 0 Å². The second-order valence-corrected chi connectivity index (χ2v) is 7.15. The molecule has 126 valence electrons. The number of fused-ring (bicyclic) bond motifs is 3. The second kappa shape index (κ2) is 7.13. The van der Waals surface area contributed by atoms with E-state index in [2.05, 4.69) is 56.3 Å². The molecule has 0 amide bonds. The SMILES string of the molecule is Cc1c(C[NH+]2CCCCC2)cc2c(ccc3ccccc32)c1C.[Cl-]. The third-order valence-corrected chi connectivity index (χ3v) is 5.74. The smallest absolute Gasteiger partial charge is 0.103 e. The van der Waals surface area contributed by atoms with Crippen LogP contribution in [0.15, 0.2) is 42.5 Å². The van der Waals surface area contributed by atoms with E-state index in [1.54, 1.807) is 10.5 Å². The zero-order valence-corrected chi connectivity index (χ0v) is 15.4. The molecule has 1 aliphatic heterocycles. The largest absolute Gasteiger partial charge is 1.00 e. The Morgan fingerprint density at radius 3 is 2.33 bits per heavy atom. The third kappa shape index (κ3) is 3.03. The number of likely N-dealkylation sites (tertiary alicyclic amines) is 1. The highest BCUT2D eigenvalue weighted by molar-refractivity contribution is 6.09. The average Bonchev–Trinajstić information content (AvgIpc) is 2.60. The number of quaternary nitrogens is 1. The van der Waals surface area contributed by atoms with Crippen molar-refractivity contribution in [2.75, 3.05) is 13.1 Å². The summed E-state index contributed by atoms with van der Waals surface area (Å²) in [5.74, 6) is 0. The number of hydrogen-bond acceptors (Lipinski definition) is 0. The maximum absolute atomic E-state index is 2.47. The average molecular weight is 340 g/mol. The lowest BCUT2D eigenvalue weighted by Gasteiger charge is -2.25. The van der Waals surface area contributed by atoms with Gasteiger partial charge in [0.2, 0.25) is 0 Å². The van der Waals surface area contributed by atoms with Crippen LogP contribution in [0.25, 0.3) is 21.5 Å². The zero-order valence-electron chi connectivity index (χ0n) is 14.7. The van der Waals surface area contributed by atoms with E-state index in [1.807, 2.05) is 0 Å². The highest BCUT2D eigenvalue weighted by Crippen LogP contribution is 2.31. The first kappa shape index (κ1) is 17.3. The number of hydrogen-bond donors (Lipinski definition) is 1. The quantitative estimate of drug-likeness (QED) is 0.669. The topological polar surface area (TPSA) is 4.44 Å². The summed E-state index contributed by atoms with van der Waals surface area (Å²) in [7, 11) is 0. The molecule has 24 heavy (non-hydrogen) atoms. The molecule has 3 aromatic rings. The first-order valence-electron chi connectivity index (χ1n) is 8.98. The molecule has 0 unspecified atom stereocenters. The second-order valence-electron chi connectivity index (χ2n) is 7.15. The van der Waals surface area contributed by atoms with E-state index in [1.165, 1.54) is 71.6 Å². The Morgan fingerprint density at radius 2 is 1.54 bits per heavy atom. The summed E-state index contributed by atoms with van der Waals surface area (Å²) in [5, 5.41) is 5.58. The van der Waals surface area contributed by atoms with Gasteiger partial charge in [-0.2, -0.15) is 0 Å². The molecule has 3 aromatic carbocycles. The van der Waals surface area contributed by atoms with E-state index in [0.29, 0.717) is 0 Å². The number of piperidine rings is 1. The number of benzene rings is 3. The Kier molecular flexibility index (Phi) is 5.12. The molecule has 1 N–H and O–H groups in total. The van der Waals surface area contributed by atoms with Crippen LogP contribution in [-0.4, -0.2) is 13.1 Å². The van der Waals surface area contributed by atoms with Crippen LogP contribution in [0.5, 0.6) is 0 Å². The number of halogens is 1. The van der Waals surface area contributed by atoms with Gasteiger partial charge in [-0.05, 0) is 71.8 Å². The minimum atomic E-state index is 0. The lowest BCUT2D eigenvalue weighted by molar-refractivity contribution is -0.918. The van der Waals surface area contributed by atoms with Gasteiger partial charge in [-0.3, -0.25) is 0 Å². The minimum Gasteiger partial charge on any atom is -1.00 e. The molecule has 0 saturated carbocycles. The molecule has 0 radical (unpaired) electrons. The van der Waals surface area contributed by atoms with Gasteiger partial charge in [0, 0.05) is 5.56 Å². The van der Waals surface area contributed by atoms with E-state index in [0.717, 1.165) is 0 Å². The molecular formula is C22H26ClN. The van der Waals surface area contributed by atoms with Crippen LogP contribution in [-0.2, 0) is 6.54 Å². The van der Waals surface area contributed by atoms with Crippen LogP contribution in [0.3, 0.4) is 0 Å². The van der Waals surface area contributed by atoms with Gasteiger partial charge in [0.15, 0.2) is 0 Å². The van der Waals surface area contributed by atoms with E-state index in [4.69, 9.17) is 0 Å². The number of rotatable bonds is 2. The van der Waals surface area contributed by atoms with Gasteiger partial charge in [-0.25, -0.2) is 0 Å². The molecule has 0 aliphatic carbocycles. The Balaban J connectivity index is 0.00000169. The standard InChI is InChI=1S/C22H25N.ClH/c1-16-17(2)20-11-10-18-8-4-5-9-21(18)22(20)14-19(16)15-23-12-6-3-7-13-23;/h4-5,8-11,14H,3,6-7,12-13,15H2,1-2H3;1H. The molecular weight excluding hydrogens is 314 g/mol. The Morgan fingerprint density at radius 1 is 0.792 bits per heavy atom. The monoisotopic (exact) mass is 339 g/mol. The minimum absolute atomic E-state index is 0. The van der Waals surface area contributed by atoms with Crippen molar-refractivity contribution >= 4 is 21.5 Å².